The first-order valence-electron chi connectivity index (χ1n) is 7.09. The maximum Gasteiger partial charge on any atom is 0.0749 e. The molecule has 1 aliphatic heterocycles. The van der Waals surface area contributed by atoms with Crippen LogP contribution in [0.3, 0.4) is 0 Å². The van der Waals surface area contributed by atoms with Gasteiger partial charge in [0.25, 0.3) is 0 Å². The van der Waals surface area contributed by atoms with E-state index in [1.165, 1.54) is 11.3 Å². The molecule has 3 heteroatoms. The fraction of sp³-hybridized carbons (Fsp3) is 0.625. The van der Waals surface area contributed by atoms with Crippen LogP contribution < -0.4 is 4.90 Å². The molecule has 3 nitrogen and oxygen atoms in total. The van der Waals surface area contributed by atoms with Crippen LogP contribution in [-0.4, -0.2) is 50.3 Å². The molecule has 106 valence electrons. The van der Waals surface area contributed by atoms with Crippen LogP contribution in [-0.2, 0) is 4.74 Å². The Labute approximate surface area is 117 Å². The Bertz CT molecular complexity index is 392. The topological polar surface area (TPSA) is 15.7 Å². The maximum atomic E-state index is 5.51. The molecule has 1 aromatic carbocycles. The van der Waals surface area contributed by atoms with Gasteiger partial charge in [0.05, 0.1) is 5.60 Å². The highest BCUT2D eigenvalue weighted by Crippen LogP contribution is 2.18. The second-order valence-electron chi connectivity index (χ2n) is 6.06. The minimum absolute atomic E-state index is 0.0496. The van der Waals surface area contributed by atoms with E-state index < -0.39 is 0 Å². The smallest absolute Gasteiger partial charge is 0.0749 e. The first-order chi connectivity index (χ1) is 9.00. The van der Waals surface area contributed by atoms with Crippen LogP contribution in [0, 0.1) is 6.92 Å². The average molecular weight is 262 g/mol. The molecule has 1 saturated heterocycles. The lowest BCUT2D eigenvalue weighted by Gasteiger charge is -2.39. The molecule has 2 rings (SSSR count). The zero-order valence-corrected chi connectivity index (χ0v) is 12.6. The van der Waals surface area contributed by atoms with Gasteiger partial charge in [-0.2, -0.15) is 0 Å². The molecule has 1 aliphatic rings. The van der Waals surface area contributed by atoms with E-state index in [0.29, 0.717) is 0 Å². The van der Waals surface area contributed by atoms with Crippen LogP contribution >= 0.6 is 0 Å². The Balaban J connectivity index is 1.87. The van der Waals surface area contributed by atoms with E-state index in [9.17, 15) is 0 Å². The van der Waals surface area contributed by atoms with Crippen molar-refractivity contribution in [2.75, 3.05) is 44.7 Å². The highest BCUT2D eigenvalue weighted by Gasteiger charge is 2.24. The van der Waals surface area contributed by atoms with Gasteiger partial charge in [-0.15, -0.1) is 0 Å². The number of benzene rings is 1. The highest BCUT2D eigenvalue weighted by atomic mass is 16.5. The molecule has 0 atom stereocenters. The normalized spacial score (nSPS) is 17.8. The van der Waals surface area contributed by atoms with E-state index in [1.54, 1.807) is 7.11 Å². The Hall–Kier alpha value is -1.06. The lowest BCUT2D eigenvalue weighted by atomic mass is 10.1. The van der Waals surface area contributed by atoms with Gasteiger partial charge in [0.1, 0.15) is 0 Å². The molecule has 0 aliphatic carbocycles. The number of rotatable bonds is 4. The number of hydrogen-bond acceptors (Lipinski definition) is 3. The van der Waals surface area contributed by atoms with E-state index in [1.807, 2.05) is 0 Å². The largest absolute Gasteiger partial charge is 0.377 e. The number of methoxy groups -OCH3 is 1. The fourth-order valence-corrected chi connectivity index (χ4v) is 2.52. The van der Waals surface area contributed by atoms with Gasteiger partial charge in [-0.3, -0.25) is 4.90 Å². The van der Waals surface area contributed by atoms with E-state index >= 15 is 0 Å². The molecule has 0 aromatic heterocycles. The number of aryl methyl sites for hydroxylation is 1. The number of anilines is 1. The van der Waals surface area contributed by atoms with Gasteiger partial charge < -0.3 is 9.64 Å². The number of ether oxygens (including phenoxy) is 1. The number of nitrogens with zero attached hydrogens (tertiary/aromatic N) is 2. The lowest BCUT2D eigenvalue weighted by molar-refractivity contribution is -0.00853. The third kappa shape index (κ3) is 3.95. The predicted molar refractivity (Wildman–Crippen MR) is 80.9 cm³/mol. The Morgan fingerprint density at radius 2 is 1.63 bits per heavy atom. The van der Waals surface area contributed by atoms with Gasteiger partial charge in [0.15, 0.2) is 0 Å². The molecule has 19 heavy (non-hydrogen) atoms. The maximum absolute atomic E-state index is 5.51. The van der Waals surface area contributed by atoms with Gasteiger partial charge >= 0.3 is 0 Å². The summed E-state index contributed by atoms with van der Waals surface area (Å²) in [6.07, 6.45) is 0. The molecule has 1 heterocycles. The first kappa shape index (κ1) is 14.4. The monoisotopic (exact) mass is 262 g/mol. The van der Waals surface area contributed by atoms with Crippen LogP contribution in [0.4, 0.5) is 5.69 Å². The van der Waals surface area contributed by atoms with Crippen molar-refractivity contribution in [2.24, 2.45) is 0 Å². The average Bonchev–Trinajstić information content (AvgIpc) is 2.40. The van der Waals surface area contributed by atoms with Crippen molar-refractivity contribution >= 4 is 5.69 Å². The molecular formula is C16H26N2O. The van der Waals surface area contributed by atoms with E-state index in [4.69, 9.17) is 4.74 Å². The molecule has 0 unspecified atom stereocenters. The van der Waals surface area contributed by atoms with Crippen molar-refractivity contribution in [1.29, 1.82) is 0 Å². The summed E-state index contributed by atoms with van der Waals surface area (Å²) in [7, 11) is 1.79. The summed E-state index contributed by atoms with van der Waals surface area (Å²) in [5.74, 6) is 0. The standard InChI is InChI=1S/C16H26N2O/c1-14-5-7-15(8-6-14)18-11-9-17(10-12-18)13-16(2,3)19-4/h5-8H,9-13H2,1-4H3. The van der Waals surface area contributed by atoms with Crippen LogP contribution in [0.2, 0.25) is 0 Å². The van der Waals surface area contributed by atoms with Crippen molar-refractivity contribution in [1.82, 2.24) is 4.90 Å². The van der Waals surface area contributed by atoms with Gasteiger partial charge in [-0.05, 0) is 32.9 Å². The van der Waals surface area contributed by atoms with Crippen LogP contribution in [0.5, 0.6) is 0 Å². The third-order valence-electron chi connectivity index (χ3n) is 3.93. The molecule has 0 spiro atoms. The van der Waals surface area contributed by atoms with Crippen LogP contribution in [0.1, 0.15) is 19.4 Å². The van der Waals surface area contributed by atoms with Crippen molar-refractivity contribution < 1.29 is 4.74 Å². The van der Waals surface area contributed by atoms with Gasteiger partial charge in [-0.25, -0.2) is 0 Å². The summed E-state index contributed by atoms with van der Waals surface area (Å²) < 4.78 is 5.51. The molecule has 0 N–H and O–H groups in total. The number of hydrogen-bond donors (Lipinski definition) is 0. The second-order valence-corrected chi connectivity index (χ2v) is 6.06. The first-order valence-corrected chi connectivity index (χ1v) is 7.09. The zero-order chi connectivity index (χ0) is 13.9. The van der Waals surface area contributed by atoms with E-state index in [2.05, 4.69) is 54.8 Å². The van der Waals surface area contributed by atoms with Gasteiger partial charge in [-0.1, -0.05) is 17.7 Å². The molecule has 0 radical (unpaired) electrons. The van der Waals surface area contributed by atoms with Gasteiger partial charge in [0.2, 0.25) is 0 Å². The Morgan fingerprint density at radius 1 is 1.05 bits per heavy atom. The van der Waals surface area contributed by atoms with E-state index in [0.717, 1.165) is 32.7 Å². The highest BCUT2D eigenvalue weighted by molar-refractivity contribution is 5.47. The van der Waals surface area contributed by atoms with Crippen molar-refractivity contribution in [2.45, 2.75) is 26.4 Å². The summed E-state index contributed by atoms with van der Waals surface area (Å²) in [5.41, 5.74) is 2.62. The number of piperazine rings is 1. The Kier molecular flexibility index (Phi) is 4.48. The fourth-order valence-electron chi connectivity index (χ4n) is 2.52. The summed E-state index contributed by atoms with van der Waals surface area (Å²) in [6.45, 7) is 11.9. The summed E-state index contributed by atoms with van der Waals surface area (Å²) >= 11 is 0. The van der Waals surface area contributed by atoms with E-state index in [-0.39, 0.29) is 5.60 Å². The minimum atomic E-state index is -0.0496. The van der Waals surface area contributed by atoms with Crippen molar-refractivity contribution in [3.8, 4) is 0 Å². The SMILES string of the molecule is COC(C)(C)CN1CCN(c2ccc(C)cc2)CC1. The minimum Gasteiger partial charge on any atom is -0.377 e. The summed E-state index contributed by atoms with van der Waals surface area (Å²) in [6, 6.07) is 8.83. The van der Waals surface area contributed by atoms with Crippen LogP contribution in [0.25, 0.3) is 0 Å². The summed E-state index contributed by atoms with van der Waals surface area (Å²) in [4.78, 5) is 4.96. The molecule has 0 bridgehead atoms. The molecule has 0 saturated carbocycles. The quantitative estimate of drug-likeness (QED) is 0.829. The molecule has 0 amide bonds. The predicted octanol–water partition coefficient (Wildman–Crippen LogP) is 2.54. The Morgan fingerprint density at radius 3 is 2.16 bits per heavy atom. The molecule has 1 aromatic rings. The van der Waals surface area contributed by atoms with Crippen LogP contribution in [0.15, 0.2) is 24.3 Å². The summed E-state index contributed by atoms with van der Waals surface area (Å²) in [5, 5.41) is 0. The zero-order valence-electron chi connectivity index (χ0n) is 12.6. The van der Waals surface area contributed by atoms with Crippen molar-refractivity contribution in [3.63, 3.8) is 0 Å². The second kappa shape index (κ2) is 5.93. The molecular weight excluding hydrogens is 236 g/mol. The lowest BCUT2D eigenvalue weighted by Crippen LogP contribution is -2.51. The van der Waals surface area contributed by atoms with Gasteiger partial charge in [0, 0.05) is 45.5 Å². The third-order valence-corrected chi connectivity index (χ3v) is 3.93. The molecule has 1 fully saturated rings. The van der Waals surface area contributed by atoms with Crippen molar-refractivity contribution in [3.05, 3.63) is 29.8 Å².